The zero-order valence-electron chi connectivity index (χ0n) is 18.9. The van der Waals surface area contributed by atoms with Crippen LogP contribution >= 0.6 is 11.3 Å². The normalized spacial score (nSPS) is 11.9. The number of thiophene rings is 1. The number of nitrogens with one attached hydrogen (secondary N) is 2. The minimum Gasteiger partial charge on any atom is -0.336 e. The number of hydrogen-bond acceptors (Lipinski definition) is 7. The fourth-order valence-corrected chi connectivity index (χ4v) is 5.59. The van der Waals surface area contributed by atoms with Gasteiger partial charge in [-0.05, 0) is 30.7 Å². The Balaban J connectivity index is 1.79. The molecule has 0 atom stereocenters. The summed E-state index contributed by atoms with van der Waals surface area (Å²) in [5.41, 5.74) is 3.62. The first-order valence-electron chi connectivity index (χ1n) is 11.4. The van der Waals surface area contributed by atoms with Gasteiger partial charge in [-0.25, -0.2) is 14.4 Å². The molecule has 7 aromatic rings. The molecule has 0 aliphatic rings. The van der Waals surface area contributed by atoms with Crippen LogP contribution in [0, 0.1) is 5.82 Å². The predicted molar refractivity (Wildman–Crippen MR) is 138 cm³/mol. The monoisotopic (exact) mass is 496 g/mol. The average molecular weight is 497 g/mol. The summed E-state index contributed by atoms with van der Waals surface area (Å²) in [6.45, 7) is 1.96. The molecule has 7 heterocycles. The zero-order valence-corrected chi connectivity index (χ0v) is 19.7. The van der Waals surface area contributed by atoms with Gasteiger partial charge < -0.3 is 4.98 Å². The van der Waals surface area contributed by atoms with Crippen molar-refractivity contribution in [1.82, 2.24) is 39.7 Å². The number of nitrogens with zero attached hydrogens (tertiary/aromatic N) is 6. The summed E-state index contributed by atoms with van der Waals surface area (Å²) < 4.78 is 18.5. The third-order valence-electron chi connectivity index (χ3n) is 6.20. The van der Waals surface area contributed by atoms with E-state index in [0.29, 0.717) is 56.4 Å². The van der Waals surface area contributed by atoms with E-state index in [1.807, 2.05) is 25.1 Å². The molecule has 11 heteroatoms. The van der Waals surface area contributed by atoms with E-state index in [2.05, 4.69) is 30.1 Å². The van der Waals surface area contributed by atoms with E-state index in [1.54, 1.807) is 29.2 Å². The Labute approximate surface area is 205 Å². The SMILES string of the molecule is CCCC(=O)n1c2cncc(c2)c2cnc3[nH]nc(c4nc5c(ccnc5c5ccc1s5)[nH]4)c3c2F. The topological polar surface area (TPSA) is 118 Å². The van der Waals surface area contributed by atoms with Crippen molar-refractivity contribution in [3.63, 3.8) is 0 Å². The first kappa shape index (κ1) is 20.8. The van der Waals surface area contributed by atoms with Crippen molar-refractivity contribution in [2.75, 3.05) is 0 Å². The Morgan fingerprint density at radius 3 is 2.89 bits per heavy atom. The van der Waals surface area contributed by atoms with Gasteiger partial charge in [-0.1, -0.05) is 6.92 Å². The second-order valence-corrected chi connectivity index (χ2v) is 9.53. The molecule has 0 amide bonds. The van der Waals surface area contributed by atoms with Crippen molar-refractivity contribution in [2.45, 2.75) is 19.8 Å². The van der Waals surface area contributed by atoms with Gasteiger partial charge in [0.15, 0.2) is 11.3 Å². The van der Waals surface area contributed by atoms with Crippen LogP contribution in [0.1, 0.15) is 24.6 Å². The van der Waals surface area contributed by atoms with Crippen LogP contribution in [0.15, 0.2) is 49.1 Å². The van der Waals surface area contributed by atoms with Gasteiger partial charge in [-0.2, -0.15) is 5.10 Å². The molecule has 9 nitrogen and oxygen atoms in total. The van der Waals surface area contributed by atoms with Crippen LogP contribution in [-0.2, 0) is 0 Å². The van der Waals surface area contributed by atoms with E-state index in [9.17, 15) is 4.79 Å². The molecule has 0 saturated heterocycles. The van der Waals surface area contributed by atoms with Gasteiger partial charge in [0.2, 0.25) is 5.91 Å². The van der Waals surface area contributed by atoms with Gasteiger partial charge in [-0.15, -0.1) is 11.3 Å². The summed E-state index contributed by atoms with van der Waals surface area (Å²) in [4.78, 5) is 35.3. The standard InChI is InChI=1S/C25H17FN8OS/c1-2-3-17(35)34-13-8-12(9-27-10-13)14-11-29-24-19(20(14)26)23(32-33-24)25-30-15-6-7-28-22(21(15)31-25)16-4-5-18(34)36-16/h4-11H,2-3H2,1H3,(H,30,31)(H,29,32,33). The lowest BCUT2D eigenvalue weighted by atomic mass is 10.1. The minimum absolute atomic E-state index is 0.0754. The van der Waals surface area contributed by atoms with Gasteiger partial charge in [0, 0.05) is 35.8 Å². The number of carbonyl (C=O) groups is 1. The van der Waals surface area contributed by atoms with Crippen LogP contribution in [0.2, 0.25) is 0 Å². The third-order valence-corrected chi connectivity index (χ3v) is 7.28. The highest BCUT2D eigenvalue weighted by molar-refractivity contribution is 7.24. The molecule has 0 radical (unpaired) electrons. The van der Waals surface area contributed by atoms with E-state index >= 15 is 4.39 Å². The lowest BCUT2D eigenvalue weighted by Gasteiger charge is -2.07. The van der Waals surface area contributed by atoms with Crippen LogP contribution in [0.3, 0.4) is 0 Å². The minimum atomic E-state index is -0.499. The van der Waals surface area contributed by atoms with Crippen LogP contribution in [-0.4, -0.2) is 45.6 Å². The second-order valence-electron chi connectivity index (χ2n) is 8.47. The molecule has 2 N–H and O–H groups in total. The number of aromatic amines is 2. The molecule has 0 aliphatic heterocycles. The molecule has 0 aromatic carbocycles. The Morgan fingerprint density at radius 2 is 2.00 bits per heavy atom. The molecule has 0 fully saturated rings. The van der Waals surface area contributed by atoms with Crippen LogP contribution < -0.4 is 0 Å². The van der Waals surface area contributed by atoms with Crippen molar-refractivity contribution < 1.29 is 9.18 Å². The molecule has 0 aliphatic carbocycles. The number of fused-ring (bicyclic) bond motifs is 9. The van der Waals surface area contributed by atoms with E-state index < -0.39 is 5.82 Å². The number of carbonyl (C=O) groups excluding carboxylic acids is 1. The lowest BCUT2D eigenvalue weighted by Crippen LogP contribution is -2.10. The quantitative estimate of drug-likeness (QED) is 0.312. The zero-order chi connectivity index (χ0) is 24.4. The van der Waals surface area contributed by atoms with Crippen molar-refractivity contribution in [3.8, 4) is 0 Å². The molecule has 0 saturated carbocycles. The first-order chi connectivity index (χ1) is 17.6. The highest BCUT2D eigenvalue weighted by atomic mass is 32.1. The summed E-state index contributed by atoms with van der Waals surface area (Å²) in [6, 6.07) is 7.40. The maximum atomic E-state index is 16.0. The van der Waals surface area contributed by atoms with Crippen LogP contribution in [0.4, 0.5) is 4.39 Å². The molecule has 7 rings (SSSR count). The molecule has 7 aromatic heterocycles. The van der Waals surface area contributed by atoms with Gasteiger partial charge in [0.25, 0.3) is 0 Å². The smallest absolute Gasteiger partial charge is 0.232 e. The second kappa shape index (κ2) is 7.75. The number of rotatable bonds is 2. The number of H-pyrrole nitrogens is 2. The van der Waals surface area contributed by atoms with Gasteiger partial charge in [-0.3, -0.25) is 24.4 Å². The summed E-state index contributed by atoms with van der Waals surface area (Å²) in [6.07, 6.45) is 7.36. The van der Waals surface area contributed by atoms with Gasteiger partial charge in [0.05, 0.1) is 27.3 Å². The Bertz CT molecular complexity index is 2070. The molecule has 0 unspecified atom stereocenters. The van der Waals surface area contributed by atoms with Crippen molar-refractivity contribution in [3.05, 3.63) is 54.9 Å². The summed E-state index contributed by atoms with van der Waals surface area (Å²) in [5.74, 6) is -0.575. The lowest BCUT2D eigenvalue weighted by molar-refractivity contribution is 0.0912. The van der Waals surface area contributed by atoms with Crippen molar-refractivity contribution in [2.24, 2.45) is 0 Å². The maximum Gasteiger partial charge on any atom is 0.232 e. The number of aromatic nitrogens is 8. The number of halogens is 1. The molecule has 176 valence electrons. The average Bonchev–Trinajstić information content (AvgIpc) is 3.62. The highest BCUT2D eigenvalue weighted by Crippen LogP contribution is 2.31. The number of hydrogen-bond donors (Lipinski definition) is 2. The van der Waals surface area contributed by atoms with Gasteiger partial charge >= 0.3 is 0 Å². The molecular formula is C25H17FN8OS. The largest absolute Gasteiger partial charge is 0.336 e. The van der Waals surface area contributed by atoms with Crippen molar-refractivity contribution >= 4 is 81.8 Å². The maximum absolute atomic E-state index is 16.0. The first-order valence-corrected chi connectivity index (χ1v) is 12.2. The molecular weight excluding hydrogens is 479 g/mol. The van der Waals surface area contributed by atoms with E-state index in [4.69, 9.17) is 4.98 Å². The fraction of sp³-hybridized carbons (Fsp3) is 0.120. The van der Waals surface area contributed by atoms with Gasteiger partial charge in [0.1, 0.15) is 27.2 Å². The van der Waals surface area contributed by atoms with Crippen LogP contribution in [0.25, 0.3) is 64.6 Å². The van der Waals surface area contributed by atoms with E-state index in [-0.39, 0.29) is 16.7 Å². The summed E-state index contributed by atoms with van der Waals surface area (Å²) in [5, 5.41) is 8.10. The predicted octanol–water partition coefficient (Wildman–Crippen LogP) is 5.80. The highest BCUT2D eigenvalue weighted by Gasteiger charge is 2.16. The number of imidazole rings is 1. The Hall–Kier alpha value is -4.51. The summed E-state index contributed by atoms with van der Waals surface area (Å²) in [7, 11) is 0. The summed E-state index contributed by atoms with van der Waals surface area (Å²) >= 11 is 1.44. The van der Waals surface area contributed by atoms with Crippen LogP contribution in [0.5, 0.6) is 0 Å². The van der Waals surface area contributed by atoms with E-state index in [0.717, 1.165) is 10.2 Å². The fourth-order valence-electron chi connectivity index (χ4n) is 4.55. The van der Waals surface area contributed by atoms with Crippen molar-refractivity contribution in [1.29, 1.82) is 0 Å². The molecule has 8 bridgehead atoms. The molecule has 36 heavy (non-hydrogen) atoms. The number of pyridine rings is 3. The Morgan fingerprint density at radius 1 is 1.08 bits per heavy atom. The Kier molecular flexibility index (Phi) is 4.48. The third kappa shape index (κ3) is 2.99. The van der Waals surface area contributed by atoms with E-state index in [1.165, 1.54) is 17.5 Å². The molecule has 0 spiro atoms.